The van der Waals surface area contributed by atoms with E-state index in [4.69, 9.17) is 9.47 Å². The average Bonchev–Trinajstić information content (AvgIpc) is 0.805. The van der Waals surface area contributed by atoms with Crippen LogP contribution >= 0.6 is 0 Å². The minimum Gasteiger partial charge on any atom is -0.459 e. The van der Waals surface area contributed by atoms with E-state index in [1.807, 2.05) is 47.6 Å². The number of aliphatic hydroxyl groups is 1. The zero-order valence-corrected chi connectivity index (χ0v) is 62.5. The van der Waals surface area contributed by atoms with Crippen LogP contribution in [-0.4, -0.2) is 233 Å². The molecule has 2 N–H and O–H groups in total. The molecule has 1 aliphatic heterocycles. The normalized spacial score (nSPS) is 26.9. The molecule has 94 heavy (non-hydrogen) atoms. The molecule has 0 aromatic rings. The van der Waals surface area contributed by atoms with E-state index in [2.05, 4.69) is 5.32 Å². The summed E-state index contributed by atoms with van der Waals surface area (Å²) < 4.78 is 11.9. The predicted octanol–water partition coefficient (Wildman–Crippen LogP) is 6.88. The zero-order valence-electron chi connectivity index (χ0n) is 62.5. The second-order valence-corrected chi connectivity index (χ2v) is 29.6. The summed E-state index contributed by atoms with van der Waals surface area (Å²) in [5, 5.41) is 13.4. The SMILES string of the molecule is C/C=C/C[C@@H](C)[C@@H](OC(C)=O)[C@H]1C(=O)N[C@@H](CC)C(=O)N(C)[C@H](C)C(=O)N(C)[C@@H]([C@H](C)COCC(C)(C)O)C(=O)C[C@@H](C(C)C)C(=O)N(C)[C@@H](CC(C)C)C(=O)C[C@@H](C)C(=O)C[C@H](C)C(=O)N(C)[C@@H](CC(C)C)C(=O)N(C)[C@@H](CC(C)C)C(=O)N(C)[C@@H](C(C)C)C(=O)N1C. The molecule has 0 unspecified atom stereocenters. The molecule has 0 aromatic heterocycles. The summed E-state index contributed by atoms with van der Waals surface area (Å²) in [7, 11) is 10.0. The van der Waals surface area contributed by atoms with Crippen molar-refractivity contribution in [3.8, 4) is 0 Å². The van der Waals surface area contributed by atoms with E-state index in [1.54, 1.807) is 89.2 Å². The van der Waals surface area contributed by atoms with Gasteiger partial charge in [0.25, 0.3) is 0 Å². The first-order valence-corrected chi connectivity index (χ1v) is 34.1. The number of nitrogens with one attached hydrogen (secondary N) is 1. The lowest BCUT2D eigenvalue weighted by Gasteiger charge is -2.42. The molecular weight excluding hydrogens is 1200 g/mol. The number of carbonyl (C=O) groups is 12. The third kappa shape index (κ3) is 24.5. The molecule has 1 rings (SSSR count). The van der Waals surface area contributed by atoms with Crippen molar-refractivity contribution in [2.75, 3.05) is 62.5 Å². The third-order valence-electron chi connectivity index (χ3n) is 18.4. The predicted molar refractivity (Wildman–Crippen MR) is 363 cm³/mol. The van der Waals surface area contributed by atoms with Crippen molar-refractivity contribution >= 4 is 70.6 Å². The molecule has 0 radical (unpaired) electrons. The second kappa shape index (κ2) is 38.6. The van der Waals surface area contributed by atoms with Crippen molar-refractivity contribution in [3.63, 3.8) is 0 Å². The Kier molecular flexibility index (Phi) is 35.3. The molecule has 1 aliphatic rings. The van der Waals surface area contributed by atoms with Crippen molar-refractivity contribution in [2.24, 2.45) is 59.2 Å². The van der Waals surface area contributed by atoms with E-state index in [1.165, 1.54) is 87.7 Å². The van der Waals surface area contributed by atoms with Crippen LogP contribution in [0.3, 0.4) is 0 Å². The maximum Gasteiger partial charge on any atom is 0.303 e. The van der Waals surface area contributed by atoms with Gasteiger partial charge in [0.1, 0.15) is 48.1 Å². The van der Waals surface area contributed by atoms with Crippen LogP contribution in [0.25, 0.3) is 0 Å². The fraction of sp³-hybridized carbons (Fsp3) is 0.803. The van der Waals surface area contributed by atoms with E-state index in [9.17, 15) is 38.7 Å². The van der Waals surface area contributed by atoms with Gasteiger partial charge in [-0.3, -0.25) is 57.5 Å². The van der Waals surface area contributed by atoms with Gasteiger partial charge in [-0.05, 0) is 95.3 Å². The van der Waals surface area contributed by atoms with Gasteiger partial charge in [-0.15, -0.1) is 0 Å². The molecule has 23 heteroatoms. The fourth-order valence-corrected chi connectivity index (χ4v) is 12.5. The van der Waals surface area contributed by atoms with Crippen LogP contribution in [0, 0.1) is 59.2 Å². The summed E-state index contributed by atoms with van der Waals surface area (Å²) in [5.41, 5.74) is -1.25. The van der Waals surface area contributed by atoms with Gasteiger partial charge in [0.2, 0.25) is 47.3 Å². The van der Waals surface area contributed by atoms with Crippen LogP contribution in [0.15, 0.2) is 12.2 Å². The highest BCUT2D eigenvalue weighted by molar-refractivity contribution is 6.00. The van der Waals surface area contributed by atoms with Gasteiger partial charge in [0.15, 0.2) is 11.6 Å². The van der Waals surface area contributed by atoms with Gasteiger partial charge in [-0.1, -0.05) is 116 Å². The van der Waals surface area contributed by atoms with Gasteiger partial charge < -0.3 is 54.2 Å². The number of nitrogens with zero attached hydrogens (tertiary/aromatic N) is 7. The largest absolute Gasteiger partial charge is 0.459 e. The third-order valence-corrected chi connectivity index (χ3v) is 18.4. The van der Waals surface area contributed by atoms with Crippen molar-refractivity contribution in [3.05, 3.63) is 12.2 Å². The van der Waals surface area contributed by atoms with Gasteiger partial charge in [0, 0.05) is 99.2 Å². The zero-order chi connectivity index (χ0) is 73.0. The first-order valence-electron chi connectivity index (χ1n) is 34.1. The van der Waals surface area contributed by atoms with E-state index in [-0.39, 0.29) is 88.1 Å². The molecule has 1 fully saturated rings. The topological polar surface area (TPSA) is 278 Å². The Morgan fingerprint density at radius 1 is 0.553 bits per heavy atom. The lowest BCUT2D eigenvalue weighted by Crippen LogP contribution is -2.64. The molecule has 14 atom stereocenters. The number of amides is 8. The summed E-state index contributed by atoms with van der Waals surface area (Å²) in [4.78, 5) is 186. The number of hydrogen-bond donors (Lipinski definition) is 2. The number of ether oxygens (including phenoxy) is 2. The van der Waals surface area contributed by atoms with Gasteiger partial charge in [-0.2, -0.15) is 0 Å². The quantitative estimate of drug-likeness (QED) is 0.0985. The van der Waals surface area contributed by atoms with Crippen LogP contribution in [0.1, 0.15) is 190 Å². The molecule has 0 bridgehead atoms. The first kappa shape index (κ1) is 85.9. The van der Waals surface area contributed by atoms with Crippen molar-refractivity contribution < 1.29 is 72.1 Å². The lowest BCUT2D eigenvalue weighted by molar-refractivity contribution is -0.164. The first-order chi connectivity index (χ1) is 43.2. The van der Waals surface area contributed by atoms with Gasteiger partial charge >= 0.3 is 5.97 Å². The van der Waals surface area contributed by atoms with E-state index >= 15 is 24.0 Å². The van der Waals surface area contributed by atoms with Crippen LogP contribution < -0.4 is 5.32 Å². The van der Waals surface area contributed by atoms with E-state index in [0.717, 1.165) is 9.80 Å². The number of allylic oxidation sites excluding steroid dienone is 2. The van der Waals surface area contributed by atoms with Crippen LogP contribution in [0.2, 0.25) is 0 Å². The molecule has 0 spiro atoms. The minimum atomic E-state index is -1.63. The number of esters is 1. The lowest BCUT2D eigenvalue weighted by atomic mass is 9.83. The number of rotatable bonds is 19. The number of hydrogen-bond acceptors (Lipinski definition) is 15. The van der Waals surface area contributed by atoms with Crippen molar-refractivity contribution in [1.82, 2.24) is 39.6 Å². The molecule has 538 valence electrons. The summed E-state index contributed by atoms with van der Waals surface area (Å²) in [6, 6.07) is -10.1. The molecular formula is C71H124N8O15. The Hall–Kier alpha value is -6.10. The van der Waals surface area contributed by atoms with Crippen LogP contribution in [0.4, 0.5) is 0 Å². The van der Waals surface area contributed by atoms with E-state index < -0.39 is 166 Å². The number of ketones is 3. The molecule has 0 saturated carbocycles. The summed E-state index contributed by atoms with van der Waals surface area (Å²) in [5.74, 6) is -13.1. The highest BCUT2D eigenvalue weighted by atomic mass is 16.5. The molecule has 8 amide bonds. The van der Waals surface area contributed by atoms with Crippen LogP contribution in [0.5, 0.6) is 0 Å². The van der Waals surface area contributed by atoms with E-state index in [0.29, 0.717) is 0 Å². The molecule has 1 saturated heterocycles. The summed E-state index contributed by atoms with van der Waals surface area (Å²) in [6.07, 6.45) is 2.12. The Morgan fingerprint density at radius 2 is 1.01 bits per heavy atom. The summed E-state index contributed by atoms with van der Waals surface area (Å²) >= 11 is 0. The molecule has 1 heterocycles. The average molecular weight is 1330 g/mol. The standard InChI is InChI=1S/C71H124N8O15/c1-28-30-31-45(13)62(94-50(18)80)61-63(84)72-52(29-2)67(88)73(21)49(17)65(86)78(26)60(48(16)38-93-39-71(19,20)92)58(83)37-51(43(9)10)66(87)74(22)53(32-40(3)4)57(82)35-46(14)56(81)36-47(15)64(85)75(23)54(33-41(5)6)68(89)76(24)55(34-42(7)8)69(90)77(25)59(44(11)12)70(91)79(61)27/h28,30,40-49,51-55,59-62,92H,29,31-39H2,1-27H3,(H,72,84)/b30-28+/t45-,46-,47+,48-,49-,51+,52+,53+,54+,55+,59+,60+,61+,62-/m1/s1. The Bertz CT molecular complexity index is 2620. The van der Waals surface area contributed by atoms with Gasteiger partial charge in [-0.25, -0.2) is 0 Å². The maximum atomic E-state index is 15.5. The molecule has 0 aliphatic carbocycles. The number of Topliss-reactive ketones (excluding diaryl/α,β-unsaturated/α-hetero) is 3. The van der Waals surface area contributed by atoms with Crippen molar-refractivity contribution in [1.29, 1.82) is 0 Å². The summed E-state index contributed by atoms with van der Waals surface area (Å²) in [6.45, 7) is 33.8. The Labute approximate surface area is 563 Å². The number of carbonyl (C=O) groups excluding carboxylic acids is 12. The van der Waals surface area contributed by atoms with Gasteiger partial charge in [0.05, 0.1) is 30.9 Å². The highest BCUT2D eigenvalue weighted by Crippen LogP contribution is 2.30. The second-order valence-electron chi connectivity index (χ2n) is 29.6. The van der Waals surface area contributed by atoms with Crippen molar-refractivity contribution in [2.45, 2.75) is 250 Å². The highest BCUT2D eigenvalue weighted by Gasteiger charge is 2.47. The molecule has 23 nitrogen and oxygen atoms in total. The molecule has 0 aromatic carbocycles. The Morgan fingerprint density at radius 3 is 1.47 bits per heavy atom. The number of likely N-dealkylation sites (N-methyl/N-ethyl adjacent to an activating group) is 7. The smallest absolute Gasteiger partial charge is 0.303 e. The monoisotopic (exact) mass is 1330 g/mol. The Balaban J connectivity index is 4.57. The maximum absolute atomic E-state index is 15.5. The minimum absolute atomic E-state index is 0.0325. The fourth-order valence-electron chi connectivity index (χ4n) is 12.5. The van der Waals surface area contributed by atoms with Crippen LogP contribution in [-0.2, 0) is 67.0 Å².